The highest BCUT2D eigenvalue weighted by atomic mass is 35.5. The number of urea groups is 1. The molecule has 27 heavy (non-hydrogen) atoms. The second-order valence-corrected chi connectivity index (χ2v) is 7.95. The second kappa shape index (κ2) is 9.71. The first kappa shape index (κ1) is 21.2. The molecule has 2 aromatic rings. The lowest BCUT2D eigenvalue weighted by atomic mass is 10.2. The summed E-state index contributed by atoms with van der Waals surface area (Å²) in [7, 11) is 0. The quantitative estimate of drug-likeness (QED) is 0.693. The number of nitrogens with zero attached hydrogens (tertiary/aromatic N) is 2. The molecule has 0 bridgehead atoms. The maximum Gasteiger partial charge on any atom is 0.322 e. The Morgan fingerprint density at radius 3 is 2.67 bits per heavy atom. The Bertz CT molecular complexity index is 794. The van der Waals surface area contributed by atoms with Gasteiger partial charge in [0.15, 0.2) is 0 Å². The summed E-state index contributed by atoms with van der Waals surface area (Å²) in [6.07, 6.45) is 0.855. The second-order valence-electron chi connectivity index (χ2n) is 6.57. The first-order valence-electron chi connectivity index (χ1n) is 8.88. The molecule has 0 saturated heterocycles. The predicted octanol–water partition coefficient (Wildman–Crippen LogP) is 4.77. The SMILES string of the molecule is CCC(C)NC(=O)c1csc(CN(C(=O)Nc2cccc(Cl)c2)C(C)C)n1. The number of thiazole rings is 1. The lowest BCUT2D eigenvalue weighted by Crippen LogP contribution is -2.39. The van der Waals surface area contributed by atoms with Gasteiger partial charge in [-0.2, -0.15) is 0 Å². The molecule has 0 aliphatic heterocycles. The number of carbonyl (C=O) groups excluding carboxylic acids is 2. The molecule has 1 aromatic heterocycles. The van der Waals surface area contributed by atoms with E-state index in [1.165, 1.54) is 11.3 Å². The molecule has 1 aromatic carbocycles. The number of aromatic nitrogens is 1. The van der Waals surface area contributed by atoms with E-state index in [4.69, 9.17) is 11.6 Å². The monoisotopic (exact) mass is 408 g/mol. The van der Waals surface area contributed by atoms with Gasteiger partial charge >= 0.3 is 6.03 Å². The van der Waals surface area contributed by atoms with Crippen LogP contribution in [-0.4, -0.2) is 33.9 Å². The third-order valence-corrected chi connectivity index (χ3v) is 5.11. The summed E-state index contributed by atoms with van der Waals surface area (Å²) >= 11 is 7.34. The number of nitrogens with one attached hydrogen (secondary N) is 2. The third-order valence-electron chi connectivity index (χ3n) is 4.04. The summed E-state index contributed by atoms with van der Waals surface area (Å²) in [4.78, 5) is 30.9. The van der Waals surface area contributed by atoms with E-state index in [1.807, 2.05) is 27.7 Å². The molecule has 6 nitrogen and oxygen atoms in total. The summed E-state index contributed by atoms with van der Waals surface area (Å²) in [5.41, 5.74) is 1.01. The molecule has 2 rings (SSSR count). The van der Waals surface area contributed by atoms with Crippen molar-refractivity contribution in [2.45, 2.75) is 52.7 Å². The maximum absolute atomic E-state index is 12.7. The summed E-state index contributed by atoms with van der Waals surface area (Å²) in [6, 6.07) is 6.82. The number of carbonyl (C=O) groups is 2. The van der Waals surface area contributed by atoms with E-state index < -0.39 is 0 Å². The Morgan fingerprint density at radius 1 is 1.30 bits per heavy atom. The molecular weight excluding hydrogens is 384 g/mol. The van der Waals surface area contributed by atoms with E-state index in [9.17, 15) is 9.59 Å². The maximum atomic E-state index is 12.7. The van der Waals surface area contributed by atoms with Crippen LogP contribution in [0.3, 0.4) is 0 Å². The first-order valence-corrected chi connectivity index (χ1v) is 10.1. The Balaban J connectivity index is 2.05. The van der Waals surface area contributed by atoms with Crippen LogP contribution in [0.5, 0.6) is 0 Å². The molecule has 146 valence electrons. The summed E-state index contributed by atoms with van der Waals surface area (Å²) < 4.78 is 0. The molecule has 3 amide bonds. The predicted molar refractivity (Wildman–Crippen MR) is 110 cm³/mol. The average molecular weight is 409 g/mol. The average Bonchev–Trinajstić information content (AvgIpc) is 3.08. The Hall–Kier alpha value is -2.12. The van der Waals surface area contributed by atoms with Gasteiger partial charge in [-0.15, -0.1) is 11.3 Å². The first-order chi connectivity index (χ1) is 12.8. The van der Waals surface area contributed by atoms with Gasteiger partial charge in [-0.1, -0.05) is 24.6 Å². The molecule has 0 aliphatic rings. The van der Waals surface area contributed by atoms with E-state index in [0.29, 0.717) is 28.0 Å². The standard InChI is InChI=1S/C19H25ClN4O2S/c1-5-13(4)21-18(25)16-11-27-17(23-16)10-24(12(2)3)19(26)22-15-8-6-7-14(20)9-15/h6-9,11-13H,5,10H2,1-4H3,(H,21,25)(H,22,26). The zero-order chi connectivity index (χ0) is 20.0. The summed E-state index contributed by atoms with van der Waals surface area (Å²) in [5, 5.41) is 8.73. The number of anilines is 1. The Morgan fingerprint density at radius 2 is 2.04 bits per heavy atom. The molecule has 1 heterocycles. The molecular formula is C19H25ClN4O2S. The van der Waals surface area contributed by atoms with Crippen molar-refractivity contribution in [3.05, 3.63) is 45.4 Å². The van der Waals surface area contributed by atoms with E-state index in [1.54, 1.807) is 34.5 Å². The van der Waals surface area contributed by atoms with Crippen LogP contribution in [0.25, 0.3) is 0 Å². The Labute approximate surface area is 168 Å². The highest BCUT2D eigenvalue weighted by molar-refractivity contribution is 7.09. The summed E-state index contributed by atoms with van der Waals surface area (Å²) in [6.45, 7) is 8.15. The normalized spacial score (nSPS) is 11.9. The van der Waals surface area contributed by atoms with Crippen LogP contribution in [0, 0.1) is 0 Å². The molecule has 0 fully saturated rings. The zero-order valence-corrected chi connectivity index (χ0v) is 17.5. The fourth-order valence-electron chi connectivity index (χ4n) is 2.28. The van der Waals surface area contributed by atoms with Crippen molar-refractivity contribution < 1.29 is 9.59 Å². The van der Waals surface area contributed by atoms with Gasteiger partial charge in [0.05, 0.1) is 6.54 Å². The lowest BCUT2D eigenvalue weighted by Gasteiger charge is -2.26. The Kier molecular flexibility index (Phi) is 7.62. The highest BCUT2D eigenvalue weighted by Crippen LogP contribution is 2.18. The number of halogens is 1. The number of hydrogen-bond donors (Lipinski definition) is 2. The number of benzene rings is 1. The van der Waals surface area contributed by atoms with Crippen LogP contribution in [0.2, 0.25) is 5.02 Å². The molecule has 0 spiro atoms. The van der Waals surface area contributed by atoms with E-state index in [-0.39, 0.29) is 24.0 Å². The van der Waals surface area contributed by atoms with E-state index in [0.717, 1.165) is 6.42 Å². The van der Waals surface area contributed by atoms with Crippen LogP contribution in [0.1, 0.15) is 49.6 Å². The molecule has 2 N–H and O–H groups in total. The van der Waals surface area contributed by atoms with Crippen molar-refractivity contribution in [1.29, 1.82) is 0 Å². The van der Waals surface area contributed by atoms with Gasteiger partial charge in [-0.3, -0.25) is 4.79 Å². The fourth-order valence-corrected chi connectivity index (χ4v) is 3.25. The van der Waals surface area contributed by atoms with E-state index >= 15 is 0 Å². The largest absolute Gasteiger partial charge is 0.348 e. The van der Waals surface area contributed by atoms with Gasteiger partial charge < -0.3 is 15.5 Å². The van der Waals surface area contributed by atoms with Crippen LogP contribution in [0.15, 0.2) is 29.6 Å². The molecule has 1 unspecified atom stereocenters. The van der Waals surface area contributed by atoms with Crippen LogP contribution < -0.4 is 10.6 Å². The molecule has 0 aliphatic carbocycles. The highest BCUT2D eigenvalue weighted by Gasteiger charge is 2.20. The third kappa shape index (κ3) is 6.22. The molecule has 1 atom stereocenters. The van der Waals surface area contributed by atoms with Gasteiger partial charge in [0.25, 0.3) is 5.91 Å². The zero-order valence-electron chi connectivity index (χ0n) is 16.0. The van der Waals surface area contributed by atoms with Crippen molar-refractivity contribution >= 4 is 40.6 Å². The van der Waals surface area contributed by atoms with Crippen molar-refractivity contribution in [3.8, 4) is 0 Å². The van der Waals surface area contributed by atoms with Gasteiger partial charge in [0, 0.05) is 28.2 Å². The van der Waals surface area contributed by atoms with Crippen LogP contribution >= 0.6 is 22.9 Å². The van der Waals surface area contributed by atoms with Crippen LogP contribution in [-0.2, 0) is 6.54 Å². The summed E-state index contributed by atoms with van der Waals surface area (Å²) in [5.74, 6) is -0.189. The molecule has 8 heteroatoms. The smallest absolute Gasteiger partial charge is 0.322 e. The lowest BCUT2D eigenvalue weighted by molar-refractivity contribution is 0.0934. The van der Waals surface area contributed by atoms with Crippen molar-refractivity contribution in [1.82, 2.24) is 15.2 Å². The minimum atomic E-state index is -0.243. The number of rotatable bonds is 7. The fraction of sp³-hybridized carbons (Fsp3) is 0.421. The molecule has 0 saturated carbocycles. The van der Waals surface area contributed by atoms with Gasteiger partial charge in [-0.05, 0) is 45.4 Å². The topological polar surface area (TPSA) is 74.3 Å². The van der Waals surface area contributed by atoms with Crippen molar-refractivity contribution in [3.63, 3.8) is 0 Å². The van der Waals surface area contributed by atoms with Gasteiger partial charge in [0.2, 0.25) is 0 Å². The minimum Gasteiger partial charge on any atom is -0.348 e. The number of hydrogen-bond acceptors (Lipinski definition) is 4. The van der Waals surface area contributed by atoms with Crippen LogP contribution in [0.4, 0.5) is 10.5 Å². The molecule has 0 radical (unpaired) electrons. The minimum absolute atomic E-state index is 0.0366. The van der Waals surface area contributed by atoms with Crippen molar-refractivity contribution in [2.75, 3.05) is 5.32 Å². The van der Waals surface area contributed by atoms with Gasteiger partial charge in [-0.25, -0.2) is 9.78 Å². The van der Waals surface area contributed by atoms with Gasteiger partial charge in [0.1, 0.15) is 10.7 Å². The number of amides is 3. The van der Waals surface area contributed by atoms with Crippen molar-refractivity contribution in [2.24, 2.45) is 0 Å². The van der Waals surface area contributed by atoms with E-state index in [2.05, 4.69) is 15.6 Å².